The number of rotatable bonds is 3. The molecule has 0 saturated carbocycles. The normalized spacial score (nSPS) is 24.4. The Labute approximate surface area is 139 Å². The molecule has 0 amide bonds. The van der Waals surface area contributed by atoms with Crippen molar-refractivity contribution in [2.24, 2.45) is 11.7 Å². The van der Waals surface area contributed by atoms with Gasteiger partial charge in [0, 0.05) is 24.0 Å². The van der Waals surface area contributed by atoms with Gasteiger partial charge >= 0.3 is 0 Å². The van der Waals surface area contributed by atoms with Crippen LogP contribution in [-0.2, 0) is 10.0 Å². The average Bonchev–Trinajstić information content (AvgIpc) is 2.68. The molecule has 116 valence electrons. The maximum absolute atomic E-state index is 12.8. The lowest BCUT2D eigenvalue weighted by molar-refractivity contribution is 0.192. The maximum atomic E-state index is 12.8. The van der Waals surface area contributed by atoms with Crippen LogP contribution in [0.1, 0.15) is 24.6 Å². The number of aryl methyl sites for hydroxylation is 1. The molecule has 1 aliphatic heterocycles. The second kappa shape index (κ2) is 7.07. The second-order valence-electron chi connectivity index (χ2n) is 5.01. The number of thiophene rings is 1. The fraction of sp³-hybridized carbons (Fsp3) is 0.667. The molecule has 2 atom stereocenters. The lowest BCUT2D eigenvalue weighted by Crippen LogP contribution is -2.51. The molecule has 0 aliphatic carbocycles. The quantitative estimate of drug-likeness (QED) is 0.844. The van der Waals surface area contributed by atoms with Gasteiger partial charge in [0.15, 0.2) is 0 Å². The molecule has 1 aliphatic rings. The predicted molar refractivity (Wildman–Crippen MR) is 89.1 cm³/mol. The summed E-state index contributed by atoms with van der Waals surface area (Å²) in [4.78, 5) is 1.23. The number of nitrogens with zero attached hydrogens (tertiary/aromatic N) is 1. The summed E-state index contributed by atoms with van der Waals surface area (Å²) in [6, 6.07) is 1.61. The minimum absolute atomic E-state index is 0. The van der Waals surface area contributed by atoms with E-state index >= 15 is 0 Å². The van der Waals surface area contributed by atoms with Gasteiger partial charge in [-0.1, -0.05) is 6.92 Å². The van der Waals surface area contributed by atoms with Crippen molar-refractivity contribution in [3.63, 3.8) is 0 Å². The molecular formula is C12H20BrClN2O2S2. The molecule has 1 saturated heterocycles. The molecule has 2 N–H and O–H groups in total. The van der Waals surface area contributed by atoms with E-state index in [4.69, 9.17) is 5.73 Å². The molecule has 20 heavy (non-hydrogen) atoms. The highest BCUT2D eigenvalue weighted by Gasteiger charge is 2.37. The van der Waals surface area contributed by atoms with Gasteiger partial charge < -0.3 is 5.73 Å². The van der Waals surface area contributed by atoms with E-state index in [9.17, 15) is 8.42 Å². The third-order valence-electron chi connectivity index (χ3n) is 3.74. The third-order valence-corrected chi connectivity index (χ3v) is 7.47. The van der Waals surface area contributed by atoms with Crippen LogP contribution < -0.4 is 5.73 Å². The van der Waals surface area contributed by atoms with E-state index in [-0.39, 0.29) is 18.4 Å². The summed E-state index contributed by atoms with van der Waals surface area (Å²) in [5, 5.41) is 0. The van der Waals surface area contributed by atoms with Gasteiger partial charge in [0.2, 0.25) is 10.0 Å². The minimum Gasteiger partial charge on any atom is -0.329 e. The summed E-state index contributed by atoms with van der Waals surface area (Å²) in [7, 11) is -3.43. The van der Waals surface area contributed by atoms with Gasteiger partial charge in [-0.15, -0.1) is 23.7 Å². The number of sulfonamides is 1. The number of nitrogens with two attached hydrogens (primary N) is 1. The number of piperidine rings is 1. The topological polar surface area (TPSA) is 63.4 Å². The summed E-state index contributed by atoms with van der Waals surface area (Å²) in [5.74, 6) is 0.316. The van der Waals surface area contributed by atoms with E-state index in [1.807, 2.05) is 6.92 Å². The molecule has 0 bridgehead atoms. The third kappa shape index (κ3) is 3.39. The van der Waals surface area contributed by atoms with Crippen molar-refractivity contribution >= 4 is 49.7 Å². The Balaban J connectivity index is 0.00000200. The average molecular weight is 404 g/mol. The van der Waals surface area contributed by atoms with Crippen LogP contribution in [0.25, 0.3) is 0 Å². The Morgan fingerprint density at radius 2 is 2.20 bits per heavy atom. The number of hydrogen-bond donors (Lipinski definition) is 1. The Kier molecular flexibility index (Phi) is 6.50. The van der Waals surface area contributed by atoms with E-state index < -0.39 is 10.0 Å². The molecule has 1 aromatic heterocycles. The van der Waals surface area contributed by atoms with Gasteiger partial charge in [0.05, 0.1) is 8.68 Å². The second-order valence-corrected chi connectivity index (χ2v) is 9.50. The maximum Gasteiger partial charge on any atom is 0.244 e. The highest BCUT2D eigenvalue weighted by atomic mass is 79.9. The zero-order valence-corrected chi connectivity index (χ0v) is 15.5. The molecule has 0 spiro atoms. The molecule has 0 aromatic carbocycles. The molecular weight excluding hydrogens is 384 g/mol. The fourth-order valence-corrected chi connectivity index (χ4v) is 6.83. The van der Waals surface area contributed by atoms with E-state index in [1.165, 1.54) is 11.3 Å². The lowest BCUT2D eigenvalue weighted by Gasteiger charge is -2.38. The first-order valence-corrected chi connectivity index (χ1v) is 9.40. The molecule has 1 aromatic rings. The van der Waals surface area contributed by atoms with E-state index in [0.717, 1.165) is 21.5 Å². The van der Waals surface area contributed by atoms with Gasteiger partial charge in [0.25, 0.3) is 0 Å². The molecule has 2 heterocycles. The Bertz CT molecular complexity index is 562. The molecule has 4 nitrogen and oxygen atoms in total. The highest BCUT2D eigenvalue weighted by Crippen LogP contribution is 2.34. The Morgan fingerprint density at radius 1 is 1.55 bits per heavy atom. The van der Waals surface area contributed by atoms with Gasteiger partial charge in [0.1, 0.15) is 0 Å². The first kappa shape index (κ1) is 18.4. The van der Waals surface area contributed by atoms with Crippen LogP contribution in [-0.4, -0.2) is 31.9 Å². The standard InChI is InChI=1S/C12H19BrN2O2S2.ClH/c1-8-4-3-5-15(10(8)7-14)19(16,17)11-6-12(13)18-9(11)2;/h6,8,10H,3-5,7,14H2,1-2H3;1H. The van der Waals surface area contributed by atoms with Gasteiger partial charge in [-0.05, 0) is 47.7 Å². The van der Waals surface area contributed by atoms with Crippen molar-refractivity contribution in [2.45, 2.75) is 37.6 Å². The summed E-state index contributed by atoms with van der Waals surface area (Å²) in [5.41, 5.74) is 5.79. The van der Waals surface area contributed by atoms with E-state index in [1.54, 1.807) is 10.4 Å². The summed E-state index contributed by atoms with van der Waals surface area (Å²) in [6.45, 7) is 4.87. The molecule has 0 radical (unpaired) electrons. The Hall–Kier alpha value is 0.340. The van der Waals surface area contributed by atoms with Crippen LogP contribution in [0, 0.1) is 12.8 Å². The van der Waals surface area contributed by atoms with Gasteiger partial charge in [-0.3, -0.25) is 0 Å². The van der Waals surface area contributed by atoms with Crippen molar-refractivity contribution in [3.8, 4) is 0 Å². The minimum atomic E-state index is -3.43. The van der Waals surface area contributed by atoms with Crippen molar-refractivity contribution in [2.75, 3.05) is 13.1 Å². The van der Waals surface area contributed by atoms with Crippen LogP contribution in [0.5, 0.6) is 0 Å². The van der Waals surface area contributed by atoms with E-state index in [0.29, 0.717) is 23.9 Å². The van der Waals surface area contributed by atoms with Crippen LogP contribution in [0.15, 0.2) is 14.7 Å². The van der Waals surface area contributed by atoms with Crippen molar-refractivity contribution in [1.82, 2.24) is 4.31 Å². The van der Waals surface area contributed by atoms with Gasteiger partial charge in [-0.2, -0.15) is 4.31 Å². The first-order chi connectivity index (χ1) is 8.87. The summed E-state index contributed by atoms with van der Waals surface area (Å²) in [6.07, 6.45) is 1.95. The first-order valence-electron chi connectivity index (χ1n) is 6.35. The van der Waals surface area contributed by atoms with Crippen LogP contribution in [0.3, 0.4) is 0 Å². The predicted octanol–water partition coefficient (Wildman–Crippen LogP) is 2.99. The SMILES string of the molecule is Cc1sc(Br)cc1S(=O)(=O)N1CCCC(C)C1CN.Cl. The van der Waals surface area contributed by atoms with Crippen LogP contribution >= 0.6 is 39.7 Å². The van der Waals surface area contributed by atoms with Crippen molar-refractivity contribution in [3.05, 3.63) is 14.7 Å². The smallest absolute Gasteiger partial charge is 0.244 e. The largest absolute Gasteiger partial charge is 0.329 e. The van der Waals surface area contributed by atoms with Crippen LogP contribution in [0.4, 0.5) is 0 Å². The summed E-state index contributed by atoms with van der Waals surface area (Å²) >= 11 is 4.80. The van der Waals surface area contributed by atoms with E-state index in [2.05, 4.69) is 22.9 Å². The van der Waals surface area contributed by atoms with Gasteiger partial charge in [-0.25, -0.2) is 8.42 Å². The molecule has 8 heteroatoms. The lowest BCUT2D eigenvalue weighted by atomic mass is 9.93. The highest BCUT2D eigenvalue weighted by molar-refractivity contribution is 9.11. The molecule has 2 rings (SSSR count). The monoisotopic (exact) mass is 402 g/mol. The zero-order chi connectivity index (χ0) is 14.2. The summed E-state index contributed by atoms with van der Waals surface area (Å²) < 4.78 is 28.0. The number of halogens is 2. The zero-order valence-electron chi connectivity index (χ0n) is 11.5. The van der Waals surface area contributed by atoms with Crippen molar-refractivity contribution in [1.29, 1.82) is 0 Å². The molecule has 2 unspecified atom stereocenters. The number of hydrogen-bond acceptors (Lipinski definition) is 4. The van der Waals surface area contributed by atoms with Crippen LogP contribution in [0.2, 0.25) is 0 Å². The fourth-order valence-electron chi connectivity index (χ4n) is 2.67. The Morgan fingerprint density at radius 3 is 2.70 bits per heavy atom. The van der Waals surface area contributed by atoms with Crippen molar-refractivity contribution < 1.29 is 8.42 Å². The molecule has 1 fully saturated rings.